The number of ether oxygens (including phenoxy) is 2. The number of piperazine rings is 1. The number of rotatable bonds is 5. The Morgan fingerprint density at radius 1 is 1.12 bits per heavy atom. The molecular formula is C16H24N2O5S. The maximum absolute atomic E-state index is 12.9. The molecule has 0 saturated carbocycles. The summed E-state index contributed by atoms with van der Waals surface area (Å²) >= 11 is 0. The monoisotopic (exact) mass is 356 g/mol. The number of hydrogen-bond donors (Lipinski definition) is 0. The highest BCUT2D eigenvalue weighted by molar-refractivity contribution is 7.89. The van der Waals surface area contributed by atoms with Gasteiger partial charge in [-0.1, -0.05) is 6.07 Å². The standard InChI is InChI=1S/C16H24N2O5S/c1-4-22-14-7-6-13(3)12-15(14)24(20,21)18-10-8-17(9-11-18)16(19)23-5-2/h6-7,12H,4-5,8-11H2,1-3H3. The van der Waals surface area contributed by atoms with Crippen molar-refractivity contribution < 1.29 is 22.7 Å². The predicted molar refractivity (Wildman–Crippen MR) is 89.7 cm³/mol. The number of carbonyl (C=O) groups is 1. The van der Waals surface area contributed by atoms with Crippen LogP contribution in [0.1, 0.15) is 19.4 Å². The van der Waals surface area contributed by atoms with E-state index in [1.165, 1.54) is 9.21 Å². The van der Waals surface area contributed by atoms with Crippen molar-refractivity contribution in [3.63, 3.8) is 0 Å². The normalized spacial score (nSPS) is 16.0. The molecule has 1 saturated heterocycles. The van der Waals surface area contributed by atoms with Gasteiger partial charge < -0.3 is 14.4 Å². The van der Waals surface area contributed by atoms with Gasteiger partial charge in [-0.3, -0.25) is 0 Å². The van der Waals surface area contributed by atoms with Crippen LogP contribution in [-0.4, -0.2) is 63.1 Å². The van der Waals surface area contributed by atoms with Crippen molar-refractivity contribution in [1.82, 2.24) is 9.21 Å². The Morgan fingerprint density at radius 3 is 2.38 bits per heavy atom. The number of nitrogens with zero attached hydrogens (tertiary/aromatic N) is 2. The van der Waals surface area contributed by atoms with Crippen LogP contribution < -0.4 is 4.74 Å². The van der Waals surface area contributed by atoms with E-state index in [2.05, 4.69) is 0 Å². The summed E-state index contributed by atoms with van der Waals surface area (Å²) in [6.45, 7) is 7.19. The van der Waals surface area contributed by atoms with Gasteiger partial charge in [0.15, 0.2) is 0 Å². The number of benzene rings is 1. The molecule has 0 unspecified atom stereocenters. The molecule has 1 aromatic rings. The van der Waals surface area contributed by atoms with E-state index < -0.39 is 16.1 Å². The zero-order chi connectivity index (χ0) is 17.7. The van der Waals surface area contributed by atoms with Gasteiger partial charge in [0.05, 0.1) is 13.2 Å². The first-order chi connectivity index (χ1) is 11.4. The molecule has 0 aliphatic carbocycles. The highest BCUT2D eigenvalue weighted by atomic mass is 32.2. The zero-order valence-corrected chi connectivity index (χ0v) is 15.1. The molecule has 1 fully saturated rings. The van der Waals surface area contributed by atoms with E-state index in [0.29, 0.717) is 32.1 Å². The van der Waals surface area contributed by atoms with Crippen LogP contribution in [0.4, 0.5) is 4.79 Å². The minimum Gasteiger partial charge on any atom is -0.492 e. The number of carbonyl (C=O) groups excluding carboxylic acids is 1. The lowest BCUT2D eigenvalue weighted by molar-refractivity contribution is 0.0933. The molecule has 1 heterocycles. The summed E-state index contributed by atoms with van der Waals surface area (Å²) in [4.78, 5) is 13.4. The van der Waals surface area contributed by atoms with Gasteiger partial charge in [0.2, 0.25) is 10.0 Å². The second-order valence-electron chi connectivity index (χ2n) is 5.47. The van der Waals surface area contributed by atoms with Gasteiger partial charge in [0.25, 0.3) is 0 Å². The lowest BCUT2D eigenvalue weighted by Gasteiger charge is -2.33. The van der Waals surface area contributed by atoms with Gasteiger partial charge in [0.1, 0.15) is 10.6 Å². The molecule has 134 valence electrons. The molecule has 1 amide bonds. The van der Waals surface area contributed by atoms with Crippen LogP contribution in [0.5, 0.6) is 5.75 Å². The first-order valence-corrected chi connectivity index (χ1v) is 9.49. The van der Waals surface area contributed by atoms with Crippen molar-refractivity contribution >= 4 is 16.1 Å². The fourth-order valence-corrected chi connectivity index (χ4v) is 4.19. The SMILES string of the molecule is CCOC(=O)N1CCN(S(=O)(=O)c2cc(C)ccc2OCC)CC1. The van der Waals surface area contributed by atoms with Crippen molar-refractivity contribution in [3.8, 4) is 5.75 Å². The van der Waals surface area contributed by atoms with Gasteiger partial charge in [-0.05, 0) is 38.5 Å². The summed E-state index contributed by atoms with van der Waals surface area (Å²) < 4.78 is 37.7. The third-order valence-corrected chi connectivity index (χ3v) is 5.70. The average molecular weight is 356 g/mol. The minimum absolute atomic E-state index is 0.175. The van der Waals surface area contributed by atoms with E-state index in [1.54, 1.807) is 19.1 Å². The summed E-state index contributed by atoms with van der Waals surface area (Å²) in [5.41, 5.74) is 0.849. The van der Waals surface area contributed by atoms with Crippen LogP contribution in [0.25, 0.3) is 0 Å². The van der Waals surface area contributed by atoms with Crippen LogP contribution in [-0.2, 0) is 14.8 Å². The van der Waals surface area contributed by atoms with Crippen molar-refractivity contribution in [2.75, 3.05) is 39.4 Å². The fraction of sp³-hybridized carbons (Fsp3) is 0.562. The van der Waals surface area contributed by atoms with Crippen molar-refractivity contribution in [1.29, 1.82) is 0 Å². The topological polar surface area (TPSA) is 76.2 Å². The number of amides is 1. The Kier molecular flexibility index (Phi) is 6.06. The third kappa shape index (κ3) is 3.99. The Balaban J connectivity index is 2.18. The quantitative estimate of drug-likeness (QED) is 0.805. The van der Waals surface area contributed by atoms with Gasteiger partial charge in [-0.2, -0.15) is 4.31 Å². The lowest BCUT2D eigenvalue weighted by atomic mass is 10.2. The van der Waals surface area contributed by atoms with Gasteiger partial charge in [-0.15, -0.1) is 0 Å². The largest absolute Gasteiger partial charge is 0.492 e. The molecule has 1 aliphatic rings. The van der Waals surface area contributed by atoms with Crippen LogP contribution in [0.15, 0.2) is 23.1 Å². The highest BCUT2D eigenvalue weighted by Gasteiger charge is 2.32. The molecule has 0 spiro atoms. The molecule has 0 bridgehead atoms. The van der Waals surface area contributed by atoms with E-state index in [-0.39, 0.29) is 18.0 Å². The maximum atomic E-state index is 12.9. The van der Waals surface area contributed by atoms with Crippen molar-refractivity contribution in [3.05, 3.63) is 23.8 Å². The van der Waals surface area contributed by atoms with Crippen LogP contribution >= 0.6 is 0 Å². The summed E-state index contributed by atoms with van der Waals surface area (Å²) in [5, 5.41) is 0. The molecular weight excluding hydrogens is 332 g/mol. The van der Waals surface area contributed by atoms with E-state index in [4.69, 9.17) is 9.47 Å². The second kappa shape index (κ2) is 7.85. The molecule has 1 aromatic carbocycles. The first kappa shape index (κ1) is 18.5. The molecule has 8 heteroatoms. The molecule has 0 atom stereocenters. The van der Waals surface area contributed by atoms with Crippen molar-refractivity contribution in [2.24, 2.45) is 0 Å². The van der Waals surface area contributed by atoms with E-state index in [9.17, 15) is 13.2 Å². The summed E-state index contributed by atoms with van der Waals surface area (Å²) in [7, 11) is -3.67. The van der Waals surface area contributed by atoms with Gasteiger partial charge >= 0.3 is 6.09 Å². The van der Waals surface area contributed by atoms with Crippen molar-refractivity contribution in [2.45, 2.75) is 25.7 Å². The molecule has 7 nitrogen and oxygen atoms in total. The van der Waals surface area contributed by atoms with E-state index >= 15 is 0 Å². The van der Waals surface area contributed by atoms with E-state index in [0.717, 1.165) is 5.56 Å². The summed E-state index contributed by atoms with van der Waals surface area (Å²) in [6.07, 6.45) is -0.403. The molecule has 0 N–H and O–H groups in total. The van der Waals surface area contributed by atoms with Crippen LogP contribution in [0.3, 0.4) is 0 Å². The van der Waals surface area contributed by atoms with Gasteiger partial charge in [0, 0.05) is 26.2 Å². The Hall–Kier alpha value is -1.80. The second-order valence-corrected chi connectivity index (χ2v) is 7.38. The lowest BCUT2D eigenvalue weighted by Crippen LogP contribution is -2.50. The third-order valence-electron chi connectivity index (χ3n) is 3.78. The van der Waals surface area contributed by atoms with Crippen LogP contribution in [0.2, 0.25) is 0 Å². The Bertz CT molecular complexity index is 682. The minimum atomic E-state index is -3.67. The summed E-state index contributed by atoms with van der Waals surface area (Å²) in [6, 6.07) is 5.13. The number of sulfonamides is 1. The predicted octanol–water partition coefficient (Wildman–Crippen LogP) is 1.86. The molecule has 0 aromatic heterocycles. The maximum Gasteiger partial charge on any atom is 0.409 e. The molecule has 2 rings (SSSR count). The smallest absolute Gasteiger partial charge is 0.409 e. The zero-order valence-electron chi connectivity index (χ0n) is 14.3. The van der Waals surface area contributed by atoms with Crippen LogP contribution in [0, 0.1) is 6.92 Å². The molecule has 24 heavy (non-hydrogen) atoms. The first-order valence-electron chi connectivity index (χ1n) is 8.05. The average Bonchev–Trinajstić information content (AvgIpc) is 2.57. The number of aryl methyl sites for hydroxylation is 1. The molecule has 0 radical (unpaired) electrons. The highest BCUT2D eigenvalue weighted by Crippen LogP contribution is 2.28. The van der Waals surface area contributed by atoms with E-state index in [1.807, 2.05) is 19.9 Å². The fourth-order valence-electron chi connectivity index (χ4n) is 2.56. The molecule has 1 aliphatic heterocycles. The summed E-state index contributed by atoms with van der Waals surface area (Å²) in [5.74, 6) is 0.357. The van der Waals surface area contributed by atoms with Gasteiger partial charge in [-0.25, -0.2) is 13.2 Å². The Morgan fingerprint density at radius 2 is 1.79 bits per heavy atom. The Labute approximate surface area is 143 Å². The number of hydrogen-bond acceptors (Lipinski definition) is 5.